The van der Waals surface area contributed by atoms with Crippen LogP contribution in [0.2, 0.25) is 5.02 Å². The van der Waals surface area contributed by atoms with Gasteiger partial charge in [0.2, 0.25) is 11.8 Å². The van der Waals surface area contributed by atoms with Crippen LogP contribution in [0.3, 0.4) is 0 Å². The number of halogens is 1. The third-order valence-electron chi connectivity index (χ3n) is 4.80. The summed E-state index contributed by atoms with van der Waals surface area (Å²) in [5.41, 5.74) is 7.98. The molecule has 2 aromatic carbocycles. The van der Waals surface area contributed by atoms with Crippen LogP contribution in [0.4, 0.5) is 5.69 Å². The van der Waals surface area contributed by atoms with Gasteiger partial charge in [-0.25, -0.2) is 0 Å². The molecule has 1 unspecified atom stereocenters. The number of primary amides is 1. The molecule has 0 aromatic heterocycles. The van der Waals surface area contributed by atoms with Crippen LogP contribution >= 0.6 is 11.6 Å². The summed E-state index contributed by atoms with van der Waals surface area (Å²) in [5, 5.41) is 3.72. The number of anilines is 1. The van der Waals surface area contributed by atoms with Crippen molar-refractivity contribution in [1.82, 2.24) is 4.90 Å². The maximum Gasteiger partial charge on any atom is 0.228 e. The average Bonchev–Trinajstić information content (AvgIpc) is 2.65. The third kappa shape index (κ3) is 5.81. The summed E-state index contributed by atoms with van der Waals surface area (Å²) >= 11 is 5.94. The molecule has 0 radical (unpaired) electrons. The summed E-state index contributed by atoms with van der Waals surface area (Å²) < 4.78 is 0. The largest absolute Gasteiger partial charge is 0.369 e. The number of likely N-dealkylation sites (tertiary alicyclic amines) is 1. The van der Waals surface area contributed by atoms with Gasteiger partial charge in [-0.3, -0.25) is 14.5 Å². The Hall–Kier alpha value is -2.37. The highest BCUT2D eigenvalue weighted by Gasteiger charge is 2.25. The number of rotatable bonds is 6. The number of carbonyl (C=O) groups excluding carboxylic acids is 2. The number of hydrogen-bond donors (Lipinski definition) is 2. The molecule has 27 heavy (non-hydrogen) atoms. The molecule has 1 aliphatic rings. The van der Waals surface area contributed by atoms with E-state index < -0.39 is 0 Å². The first-order chi connectivity index (χ1) is 13.0. The van der Waals surface area contributed by atoms with E-state index in [2.05, 4.69) is 10.2 Å². The van der Waals surface area contributed by atoms with Gasteiger partial charge in [0.25, 0.3) is 0 Å². The Morgan fingerprint density at radius 1 is 1.07 bits per heavy atom. The average molecular weight is 386 g/mol. The summed E-state index contributed by atoms with van der Waals surface area (Å²) in [6.45, 7) is 2.56. The minimum Gasteiger partial charge on any atom is -0.369 e. The highest BCUT2D eigenvalue weighted by atomic mass is 35.5. The van der Waals surface area contributed by atoms with Crippen molar-refractivity contribution >= 4 is 29.1 Å². The fraction of sp³-hybridized carbons (Fsp3) is 0.333. The van der Waals surface area contributed by atoms with Crippen molar-refractivity contribution in [2.24, 2.45) is 11.7 Å². The molecule has 3 N–H and O–H groups in total. The number of nitrogens with two attached hydrogens (primary N) is 1. The van der Waals surface area contributed by atoms with E-state index in [4.69, 9.17) is 17.3 Å². The monoisotopic (exact) mass is 385 g/mol. The molecular formula is C21H24ClN3O2. The van der Waals surface area contributed by atoms with E-state index in [9.17, 15) is 9.59 Å². The van der Waals surface area contributed by atoms with E-state index in [0.717, 1.165) is 48.7 Å². The van der Waals surface area contributed by atoms with Crippen LogP contribution in [0, 0.1) is 5.92 Å². The number of hydrogen-bond acceptors (Lipinski definition) is 3. The molecule has 2 amide bonds. The number of carbonyl (C=O) groups is 2. The minimum atomic E-state index is -0.366. The Morgan fingerprint density at radius 3 is 2.41 bits per heavy atom. The molecule has 0 bridgehead atoms. The summed E-state index contributed by atoms with van der Waals surface area (Å²) in [5.74, 6) is -0.357. The molecule has 1 fully saturated rings. The van der Waals surface area contributed by atoms with Gasteiger partial charge in [0.1, 0.15) is 0 Å². The zero-order valence-electron chi connectivity index (χ0n) is 15.2. The zero-order valence-corrected chi connectivity index (χ0v) is 15.9. The molecule has 142 valence electrons. The van der Waals surface area contributed by atoms with E-state index in [0.29, 0.717) is 0 Å². The lowest BCUT2D eigenvalue weighted by atomic mass is 9.96. The second-order valence-corrected chi connectivity index (χ2v) is 7.47. The second-order valence-electron chi connectivity index (χ2n) is 7.03. The Balaban J connectivity index is 1.54. The predicted molar refractivity (Wildman–Crippen MR) is 107 cm³/mol. The summed E-state index contributed by atoms with van der Waals surface area (Å²) in [6.07, 6.45) is 2.10. The van der Waals surface area contributed by atoms with Crippen LogP contribution in [0.25, 0.3) is 0 Å². The topological polar surface area (TPSA) is 75.4 Å². The molecule has 6 heteroatoms. The van der Waals surface area contributed by atoms with Gasteiger partial charge >= 0.3 is 0 Å². The smallest absolute Gasteiger partial charge is 0.228 e. The highest BCUT2D eigenvalue weighted by molar-refractivity contribution is 6.30. The Morgan fingerprint density at radius 2 is 1.74 bits per heavy atom. The number of nitrogens with one attached hydrogen (secondary N) is 1. The maximum absolute atomic E-state index is 12.6. The van der Waals surface area contributed by atoms with Crippen molar-refractivity contribution in [3.63, 3.8) is 0 Å². The molecular weight excluding hydrogens is 362 g/mol. The number of piperidine rings is 1. The van der Waals surface area contributed by atoms with Crippen LogP contribution in [0.15, 0.2) is 48.5 Å². The molecule has 5 nitrogen and oxygen atoms in total. The fourth-order valence-electron chi connectivity index (χ4n) is 3.41. The molecule has 1 atom stereocenters. The van der Waals surface area contributed by atoms with Gasteiger partial charge < -0.3 is 11.1 Å². The molecule has 2 aromatic rings. The first-order valence-corrected chi connectivity index (χ1v) is 9.52. The zero-order chi connectivity index (χ0) is 19.2. The van der Waals surface area contributed by atoms with E-state index >= 15 is 0 Å². The molecule has 0 spiro atoms. The summed E-state index contributed by atoms with van der Waals surface area (Å²) in [4.78, 5) is 25.9. The van der Waals surface area contributed by atoms with Gasteiger partial charge in [0, 0.05) is 23.8 Å². The molecule has 0 aliphatic carbocycles. The van der Waals surface area contributed by atoms with Crippen molar-refractivity contribution in [3.8, 4) is 0 Å². The Kier molecular flexibility index (Phi) is 6.48. The van der Waals surface area contributed by atoms with Crippen LogP contribution in [0.5, 0.6) is 0 Å². The van der Waals surface area contributed by atoms with E-state index in [1.807, 2.05) is 48.5 Å². The first kappa shape index (κ1) is 19.4. The van der Waals surface area contributed by atoms with Crippen molar-refractivity contribution in [2.45, 2.75) is 25.8 Å². The first-order valence-electron chi connectivity index (χ1n) is 9.14. The van der Waals surface area contributed by atoms with Gasteiger partial charge in [0.15, 0.2) is 0 Å². The highest BCUT2D eigenvalue weighted by Crippen LogP contribution is 2.21. The molecule has 1 aliphatic heterocycles. The summed E-state index contributed by atoms with van der Waals surface area (Å²) in [6, 6.07) is 15.1. The summed E-state index contributed by atoms with van der Waals surface area (Å²) in [7, 11) is 0. The van der Waals surface area contributed by atoms with Gasteiger partial charge in [-0.2, -0.15) is 0 Å². The normalized spacial score (nSPS) is 17.4. The van der Waals surface area contributed by atoms with Gasteiger partial charge in [0.05, 0.1) is 12.3 Å². The third-order valence-corrected chi connectivity index (χ3v) is 5.05. The van der Waals surface area contributed by atoms with Crippen LogP contribution in [-0.4, -0.2) is 29.8 Å². The van der Waals surface area contributed by atoms with E-state index in [1.54, 1.807) is 0 Å². The lowest BCUT2D eigenvalue weighted by Crippen LogP contribution is -2.40. The quantitative estimate of drug-likeness (QED) is 0.801. The van der Waals surface area contributed by atoms with E-state index in [-0.39, 0.29) is 24.2 Å². The minimum absolute atomic E-state index is 0.0312. The van der Waals surface area contributed by atoms with Crippen molar-refractivity contribution in [2.75, 3.05) is 18.4 Å². The molecule has 0 saturated carbocycles. The maximum atomic E-state index is 12.6. The van der Waals surface area contributed by atoms with Crippen molar-refractivity contribution < 1.29 is 9.59 Å². The Bertz CT molecular complexity index is 790. The fourth-order valence-corrected chi connectivity index (χ4v) is 3.54. The number of benzene rings is 2. The van der Waals surface area contributed by atoms with Gasteiger partial charge in [-0.05, 0) is 54.8 Å². The van der Waals surface area contributed by atoms with Crippen molar-refractivity contribution in [1.29, 1.82) is 0 Å². The Labute approximate surface area is 164 Å². The van der Waals surface area contributed by atoms with Gasteiger partial charge in [-0.15, -0.1) is 0 Å². The van der Waals surface area contributed by atoms with Crippen LogP contribution < -0.4 is 11.1 Å². The molecule has 3 rings (SSSR count). The SMILES string of the molecule is NC(=O)Cc1ccc(NC(=O)C2CCCN(Cc3ccc(Cl)cc3)C2)cc1. The van der Waals surface area contributed by atoms with Crippen LogP contribution in [-0.2, 0) is 22.6 Å². The van der Waals surface area contributed by atoms with Gasteiger partial charge in [-0.1, -0.05) is 35.9 Å². The van der Waals surface area contributed by atoms with E-state index in [1.165, 1.54) is 5.56 Å². The predicted octanol–water partition coefficient (Wildman–Crippen LogP) is 3.22. The standard InChI is InChI=1S/C21H24ClN3O2/c22-18-7-3-16(4-8-18)13-25-11-1-2-17(14-25)21(27)24-19-9-5-15(6-10-19)12-20(23)26/h3-10,17H,1-2,11-14H2,(H2,23,26)(H,24,27). The van der Waals surface area contributed by atoms with Crippen molar-refractivity contribution in [3.05, 3.63) is 64.7 Å². The molecule has 1 saturated heterocycles. The lowest BCUT2D eigenvalue weighted by molar-refractivity contribution is -0.121. The number of nitrogens with zero attached hydrogens (tertiary/aromatic N) is 1. The number of amides is 2. The van der Waals surface area contributed by atoms with Crippen LogP contribution in [0.1, 0.15) is 24.0 Å². The molecule has 1 heterocycles. The second kappa shape index (κ2) is 9.02. The lowest BCUT2D eigenvalue weighted by Gasteiger charge is -2.32.